The number of carbonyl (C=O) groups is 2. The molecule has 1 amide bonds. The zero-order valence-electron chi connectivity index (χ0n) is 21.6. The molecule has 10 heteroatoms. The van der Waals surface area contributed by atoms with Gasteiger partial charge in [0.1, 0.15) is 30.5 Å². The van der Waals surface area contributed by atoms with Gasteiger partial charge in [-0.1, -0.05) is 36.8 Å². The largest absolute Gasteiger partial charge is 0.507 e. The first-order valence-corrected chi connectivity index (χ1v) is 13.8. The number of rotatable bonds is 7. The number of anilines is 1. The number of aliphatic hydroxyl groups excluding tert-OH is 1. The van der Waals surface area contributed by atoms with Gasteiger partial charge in [0, 0.05) is 5.56 Å². The van der Waals surface area contributed by atoms with Gasteiger partial charge in [-0.15, -0.1) is 0 Å². The molecular weight excluding hydrogens is 535 g/mol. The van der Waals surface area contributed by atoms with Gasteiger partial charge in [-0.25, -0.2) is 9.37 Å². The first kappa shape index (κ1) is 25.8. The summed E-state index contributed by atoms with van der Waals surface area (Å²) in [6, 6.07) is 15.1. The summed E-state index contributed by atoms with van der Waals surface area (Å²) < 4.78 is 31.4. The smallest absolute Gasteiger partial charge is 0.301 e. The van der Waals surface area contributed by atoms with Crippen molar-refractivity contribution in [3.8, 4) is 17.2 Å². The van der Waals surface area contributed by atoms with Crippen LogP contribution in [0.5, 0.6) is 17.2 Å². The summed E-state index contributed by atoms with van der Waals surface area (Å²) in [5.41, 5.74) is 1.28. The summed E-state index contributed by atoms with van der Waals surface area (Å²) >= 11 is 1.09. The number of aliphatic hydroxyl groups is 1. The molecular formula is C30H25FN2O6S. The summed E-state index contributed by atoms with van der Waals surface area (Å²) in [4.78, 5) is 32.8. The lowest BCUT2D eigenvalue weighted by atomic mass is 9.95. The highest BCUT2D eigenvalue weighted by Gasteiger charge is 2.48. The quantitative estimate of drug-likeness (QED) is 0.128. The third-order valence-electron chi connectivity index (χ3n) is 6.77. The lowest BCUT2D eigenvalue weighted by Gasteiger charge is -2.23. The van der Waals surface area contributed by atoms with Crippen LogP contribution in [0.2, 0.25) is 0 Å². The van der Waals surface area contributed by atoms with Crippen LogP contribution < -0.4 is 19.1 Å². The van der Waals surface area contributed by atoms with E-state index in [0.29, 0.717) is 58.4 Å². The number of nitrogens with zero attached hydrogens (tertiary/aromatic N) is 2. The van der Waals surface area contributed by atoms with Gasteiger partial charge in [-0.05, 0) is 60.5 Å². The number of hydrogen-bond acceptors (Lipinski definition) is 8. The number of fused-ring (bicyclic) bond motifs is 2. The number of thiazole rings is 1. The highest BCUT2D eigenvalue weighted by molar-refractivity contribution is 7.22. The molecule has 1 saturated heterocycles. The Morgan fingerprint density at radius 3 is 2.62 bits per heavy atom. The SMILES string of the molecule is CCCCOc1ccc(C2/C(=C(\O)c3ccc4c(c3)OCCO4)C(=O)C(=O)N2c2nc3ccc(F)cc3s2)cc1. The highest BCUT2D eigenvalue weighted by atomic mass is 32.1. The lowest BCUT2D eigenvalue weighted by molar-refractivity contribution is -0.132. The minimum Gasteiger partial charge on any atom is -0.507 e. The van der Waals surface area contributed by atoms with Crippen molar-refractivity contribution in [1.29, 1.82) is 0 Å². The number of Topliss-reactive ketones (excluding diaryl/α,β-unsaturated/α-hetero) is 1. The van der Waals surface area contributed by atoms with E-state index in [-0.39, 0.29) is 16.5 Å². The molecule has 204 valence electrons. The minimum atomic E-state index is -0.983. The van der Waals surface area contributed by atoms with Crippen molar-refractivity contribution in [2.75, 3.05) is 24.7 Å². The van der Waals surface area contributed by atoms with Gasteiger partial charge >= 0.3 is 5.91 Å². The fraction of sp³-hybridized carbons (Fsp3) is 0.233. The third kappa shape index (κ3) is 4.64. The number of halogens is 1. The summed E-state index contributed by atoms with van der Waals surface area (Å²) in [5, 5.41) is 11.7. The van der Waals surface area contributed by atoms with Crippen molar-refractivity contribution in [2.45, 2.75) is 25.8 Å². The molecule has 4 aromatic rings. The zero-order chi connectivity index (χ0) is 27.8. The second kappa shape index (κ2) is 10.6. The fourth-order valence-corrected chi connectivity index (χ4v) is 5.78. The van der Waals surface area contributed by atoms with Gasteiger partial charge in [-0.3, -0.25) is 14.5 Å². The molecule has 6 rings (SSSR count). The van der Waals surface area contributed by atoms with Crippen LogP contribution in [-0.2, 0) is 9.59 Å². The molecule has 2 aliphatic heterocycles. The summed E-state index contributed by atoms with van der Waals surface area (Å²) in [7, 11) is 0. The maximum absolute atomic E-state index is 13.9. The second-order valence-corrected chi connectivity index (χ2v) is 10.4. The van der Waals surface area contributed by atoms with Gasteiger partial charge in [0.15, 0.2) is 16.6 Å². The molecule has 3 aromatic carbocycles. The summed E-state index contributed by atoms with van der Waals surface area (Å²) in [5.74, 6) is -0.866. The number of amides is 1. The van der Waals surface area contributed by atoms with Crippen LogP contribution in [0.1, 0.15) is 36.9 Å². The summed E-state index contributed by atoms with van der Waals surface area (Å²) in [6.07, 6.45) is 1.91. The van der Waals surface area contributed by atoms with Crippen LogP contribution in [-0.4, -0.2) is 41.6 Å². The van der Waals surface area contributed by atoms with Crippen LogP contribution in [0.15, 0.2) is 66.2 Å². The van der Waals surface area contributed by atoms with Gasteiger partial charge in [0.25, 0.3) is 5.78 Å². The number of ether oxygens (including phenoxy) is 3. The molecule has 0 bridgehead atoms. The first-order chi connectivity index (χ1) is 19.4. The van der Waals surface area contributed by atoms with Crippen molar-refractivity contribution >= 4 is 44.1 Å². The minimum absolute atomic E-state index is 0.0910. The Kier molecular flexibility index (Phi) is 6.85. The van der Waals surface area contributed by atoms with Crippen molar-refractivity contribution < 1.29 is 33.3 Å². The maximum Gasteiger partial charge on any atom is 0.301 e. The van der Waals surface area contributed by atoms with E-state index in [1.54, 1.807) is 42.5 Å². The van der Waals surface area contributed by atoms with E-state index in [1.165, 1.54) is 23.1 Å². The predicted octanol–water partition coefficient (Wildman–Crippen LogP) is 6.01. The van der Waals surface area contributed by atoms with Gasteiger partial charge in [0.05, 0.1) is 28.4 Å². The van der Waals surface area contributed by atoms with E-state index in [2.05, 4.69) is 11.9 Å². The lowest BCUT2D eigenvalue weighted by Crippen LogP contribution is -2.29. The van der Waals surface area contributed by atoms with Crippen LogP contribution in [0.25, 0.3) is 16.0 Å². The number of benzene rings is 3. The molecule has 2 aliphatic rings. The van der Waals surface area contributed by atoms with Gasteiger partial charge in [-0.2, -0.15) is 0 Å². The van der Waals surface area contributed by atoms with E-state index in [4.69, 9.17) is 14.2 Å². The molecule has 40 heavy (non-hydrogen) atoms. The van der Waals surface area contributed by atoms with Gasteiger partial charge in [0.2, 0.25) is 0 Å². The zero-order valence-corrected chi connectivity index (χ0v) is 22.4. The molecule has 1 unspecified atom stereocenters. The Morgan fingerprint density at radius 2 is 1.85 bits per heavy atom. The predicted molar refractivity (Wildman–Crippen MR) is 149 cm³/mol. The monoisotopic (exact) mass is 560 g/mol. The molecule has 0 saturated carbocycles. The molecule has 3 heterocycles. The number of aromatic nitrogens is 1. The Morgan fingerprint density at radius 1 is 1.07 bits per heavy atom. The molecule has 1 atom stereocenters. The van der Waals surface area contributed by atoms with Crippen molar-refractivity contribution in [3.63, 3.8) is 0 Å². The number of hydrogen-bond donors (Lipinski definition) is 1. The average Bonchev–Trinajstić information content (AvgIpc) is 3.50. The van der Waals surface area contributed by atoms with Crippen LogP contribution in [0, 0.1) is 5.82 Å². The molecule has 1 N–H and O–H groups in total. The molecule has 0 radical (unpaired) electrons. The Hall–Kier alpha value is -4.44. The van der Waals surface area contributed by atoms with E-state index >= 15 is 0 Å². The first-order valence-electron chi connectivity index (χ1n) is 12.9. The molecule has 8 nitrogen and oxygen atoms in total. The molecule has 1 fully saturated rings. The molecule has 0 aliphatic carbocycles. The van der Waals surface area contributed by atoms with E-state index < -0.39 is 23.5 Å². The third-order valence-corrected chi connectivity index (χ3v) is 7.79. The van der Waals surface area contributed by atoms with E-state index in [9.17, 15) is 19.1 Å². The van der Waals surface area contributed by atoms with E-state index in [1.807, 2.05) is 0 Å². The Bertz CT molecular complexity index is 1650. The highest BCUT2D eigenvalue weighted by Crippen LogP contribution is 2.45. The van der Waals surface area contributed by atoms with Gasteiger partial charge < -0.3 is 19.3 Å². The standard InChI is InChI=1S/C30H25FN2O6S/c1-2-3-12-37-20-8-4-17(5-9-20)26-25(27(34)18-6-11-22-23(15-18)39-14-13-38-22)28(35)29(36)33(26)30-32-21-10-7-19(31)16-24(21)40-30/h4-11,15-16,26,34H,2-3,12-14H2,1H3/b27-25+. The Labute approximate surface area is 233 Å². The van der Waals surface area contributed by atoms with Crippen LogP contribution >= 0.6 is 11.3 Å². The molecule has 1 aromatic heterocycles. The second-order valence-electron chi connectivity index (χ2n) is 9.41. The number of carbonyl (C=O) groups excluding carboxylic acids is 2. The van der Waals surface area contributed by atoms with Crippen molar-refractivity contribution in [3.05, 3.63) is 83.2 Å². The average molecular weight is 561 g/mol. The van der Waals surface area contributed by atoms with Crippen molar-refractivity contribution in [2.24, 2.45) is 0 Å². The number of unbranched alkanes of at least 4 members (excludes halogenated alkanes) is 1. The molecule has 0 spiro atoms. The van der Waals surface area contributed by atoms with Crippen LogP contribution in [0.3, 0.4) is 0 Å². The Balaban J connectivity index is 1.47. The maximum atomic E-state index is 13.9. The fourth-order valence-electron chi connectivity index (χ4n) is 4.76. The van der Waals surface area contributed by atoms with Crippen molar-refractivity contribution in [1.82, 2.24) is 4.98 Å². The topological polar surface area (TPSA) is 98.2 Å². The summed E-state index contributed by atoms with van der Waals surface area (Å²) in [6.45, 7) is 3.41. The number of ketones is 1. The normalized spacial score (nSPS) is 17.9. The van der Waals surface area contributed by atoms with E-state index in [0.717, 1.165) is 24.2 Å². The van der Waals surface area contributed by atoms with Crippen LogP contribution in [0.4, 0.5) is 9.52 Å².